The van der Waals surface area contributed by atoms with Gasteiger partial charge < -0.3 is 9.84 Å². The van der Waals surface area contributed by atoms with Crippen LogP contribution in [0.2, 0.25) is 0 Å². The Hall–Kier alpha value is 0.620. The summed E-state index contributed by atoms with van der Waals surface area (Å²) < 4.78 is 5.62. The van der Waals surface area contributed by atoms with E-state index in [-0.39, 0.29) is 6.10 Å². The van der Waals surface area contributed by atoms with Gasteiger partial charge in [-0.2, -0.15) is 23.5 Å². The van der Waals surface area contributed by atoms with Crippen LogP contribution >= 0.6 is 23.5 Å². The molecule has 1 N–H and O–H groups in total. The highest BCUT2D eigenvalue weighted by molar-refractivity contribution is 8.07. The molecule has 2 aliphatic rings. The molecule has 0 aliphatic carbocycles. The molecule has 17 heavy (non-hydrogen) atoms. The normalized spacial score (nSPS) is 36.0. The Balaban J connectivity index is 1.74. The van der Waals surface area contributed by atoms with Crippen molar-refractivity contribution in [2.24, 2.45) is 0 Å². The summed E-state index contributed by atoms with van der Waals surface area (Å²) in [5, 5.41) is 11.4. The lowest BCUT2D eigenvalue weighted by atomic mass is 10.0. The Morgan fingerprint density at radius 2 is 2.18 bits per heavy atom. The molecule has 0 aromatic carbocycles. The van der Waals surface area contributed by atoms with E-state index in [4.69, 9.17) is 4.74 Å². The molecule has 4 heteroatoms. The van der Waals surface area contributed by atoms with Gasteiger partial charge in [0, 0.05) is 28.6 Å². The lowest BCUT2D eigenvalue weighted by Gasteiger charge is -2.33. The minimum atomic E-state index is -0.137. The van der Waals surface area contributed by atoms with E-state index < -0.39 is 0 Å². The molecule has 0 spiro atoms. The maximum absolute atomic E-state index is 10.3. The van der Waals surface area contributed by atoms with Crippen LogP contribution in [0.15, 0.2) is 0 Å². The van der Waals surface area contributed by atoms with Crippen molar-refractivity contribution >= 4 is 23.5 Å². The lowest BCUT2D eigenvalue weighted by molar-refractivity contribution is 0.0803. The van der Waals surface area contributed by atoms with E-state index in [0.717, 1.165) is 19.4 Å². The van der Waals surface area contributed by atoms with Crippen LogP contribution in [-0.4, -0.2) is 45.9 Å². The Kier molecular flexibility index (Phi) is 6.00. The van der Waals surface area contributed by atoms with Crippen molar-refractivity contribution in [1.29, 1.82) is 0 Å². The summed E-state index contributed by atoms with van der Waals surface area (Å²) in [5.41, 5.74) is 0. The topological polar surface area (TPSA) is 29.5 Å². The Bertz CT molecular complexity index is 219. The zero-order valence-electron chi connectivity index (χ0n) is 10.6. The van der Waals surface area contributed by atoms with Crippen molar-refractivity contribution in [2.45, 2.75) is 61.7 Å². The third-order valence-electron chi connectivity index (χ3n) is 3.68. The summed E-state index contributed by atoms with van der Waals surface area (Å²) in [6.07, 6.45) is 5.81. The van der Waals surface area contributed by atoms with E-state index in [1.165, 1.54) is 30.8 Å². The van der Waals surface area contributed by atoms with Crippen LogP contribution in [0.5, 0.6) is 0 Å². The summed E-state index contributed by atoms with van der Waals surface area (Å²) in [4.78, 5) is 0. The Morgan fingerprint density at radius 3 is 2.88 bits per heavy atom. The molecule has 0 bridgehead atoms. The predicted molar refractivity (Wildman–Crippen MR) is 77.0 cm³/mol. The minimum absolute atomic E-state index is 0.137. The van der Waals surface area contributed by atoms with E-state index in [1.54, 1.807) is 0 Å². The van der Waals surface area contributed by atoms with E-state index >= 15 is 0 Å². The lowest BCUT2D eigenvalue weighted by Crippen LogP contribution is -2.36. The molecule has 100 valence electrons. The fourth-order valence-electron chi connectivity index (χ4n) is 2.69. The van der Waals surface area contributed by atoms with Crippen molar-refractivity contribution in [1.82, 2.24) is 0 Å². The SMILES string of the molecule is CCC1SCCSC1C(O)CCC1CCCO1. The molecule has 2 nitrogen and oxygen atoms in total. The second-order valence-electron chi connectivity index (χ2n) is 4.93. The van der Waals surface area contributed by atoms with Gasteiger partial charge in [-0.25, -0.2) is 0 Å². The third-order valence-corrected chi connectivity index (χ3v) is 7.07. The molecular weight excluding hydrogens is 252 g/mol. The van der Waals surface area contributed by atoms with E-state index in [2.05, 4.69) is 6.92 Å². The summed E-state index contributed by atoms with van der Waals surface area (Å²) in [6.45, 7) is 3.16. The van der Waals surface area contributed by atoms with Gasteiger partial charge >= 0.3 is 0 Å². The van der Waals surface area contributed by atoms with Crippen LogP contribution in [0.3, 0.4) is 0 Å². The summed E-state index contributed by atoms with van der Waals surface area (Å²) >= 11 is 4.02. The van der Waals surface area contributed by atoms with Crippen LogP contribution in [0, 0.1) is 0 Å². The number of aliphatic hydroxyl groups is 1. The van der Waals surface area contributed by atoms with Crippen molar-refractivity contribution < 1.29 is 9.84 Å². The fourth-order valence-corrected chi connectivity index (χ4v) is 5.88. The molecule has 0 radical (unpaired) electrons. The number of hydrogen-bond donors (Lipinski definition) is 1. The zero-order chi connectivity index (χ0) is 12.1. The average Bonchev–Trinajstić information content (AvgIpc) is 2.89. The average molecular weight is 276 g/mol. The summed E-state index contributed by atoms with van der Waals surface area (Å²) in [6, 6.07) is 0. The van der Waals surface area contributed by atoms with Crippen LogP contribution in [0.25, 0.3) is 0 Å². The second-order valence-corrected chi connectivity index (χ2v) is 7.57. The van der Waals surface area contributed by atoms with Crippen molar-refractivity contribution in [3.63, 3.8) is 0 Å². The van der Waals surface area contributed by atoms with Gasteiger partial charge in [-0.3, -0.25) is 0 Å². The quantitative estimate of drug-likeness (QED) is 0.836. The third kappa shape index (κ3) is 4.05. The monoisotopic (exact) mass is 276 g/mol. The first-order valence-corrected chi connectivity index (χ1v) is 8.94. The molecule has 2 rings (SSSR count). The van der Waals surface area contributed by atoms with Crippen LogP contribution in [-0.2, 0) is 4.74 Å². The van der Waals surface area contributed by atoms with Gasteiger partial charge in [-0.15, -0.1) is 0 Å². The number of aliphatic hydroxyl groups excluding tert-OH is 1. The molecule has 2 fully saturated rings. The standard InChI is InChI=1S/C13H24O2S2/c1-2-12-13(17-9-8-16-12)11(14)6-5-10-4-3-7-15-10/h10-14H,2-9H2,1H3. The Labute approximate surface area is 113 Å². The summed E-state index contributed by atoms with van der Waals surface area (Å²) in [7, 11) is 0. The van der Waals surface area contributed by atoms with Gasteiger partial charge in [0.2, 0.25) is 0 Å². The van der Waals surface area contributed by atoms with E-state index in [0.29, 0.717) is 16.6 Å². The zero-order valence-corrected chi connectivity index (χ0v) is 12.3. The first kappa shape index (κ1) is 14.0. The van der Waals surface area contributed by atoms with Gasteiger partial charge in [0.25, 0.3) is 0 Å². The summed E-state index contributed by atoms with van der Waals surface area (Å²) in [5.74, 6) is 2.45. The molecule has 2 heterocycles. The molecule has 4 atom stereocenters. The number of ether oxygens (including phenoxy) is 1. The van der Waals surface area contributed by atoms with Gasteiger partial charge in [0.05, 0.1) is 12.2 Å². The van der Waals surface area contributed by atoms with Gasteiger partial charge in [-0.05, 0) is 32.1 Å². The van der Waals surface area contributed by atoms with Gasteiger partial charge in [-0.1, -0.05) is 6.92 Å². The fraction of sp³-hybridized carbons (Fsp3) is 1.00. The van der Waals surface area contributed by atoms with Gasteiger partial charge in [0.15, 0.2) is 0 Å². The second kappa shape index (κ2) is 7.27. The molecular formula is C13H24O2S2. The first-order valence-electron chi connectivity index (χ1n) is 6.84. The van der Waals surface area contributed by atoms with Crippen molar-refractivity contribution in [3.8, 4) is 0 Å². The highest BCUT2D eigenvalue weighted by Gasteiger charge is 2.31. The molecule has 0 amide bonds. The van der Waals surface area contributed by atoms with Crippen molar-refractivity contribution in [2.75, 3.05) is 18.1 Å². The Morgan fingerprint density at radius 1 is 1.35 bits per heavy atom. The highest BCUT2D eigenvalue weighted by atomic mass is 32.2. The minimum Gasteiger partial charge on any atom is -0.392 e. The maximum Gasteiger partial charge on any atom is 0.0670 e. The number of thioether (sulfide) groups is 2. The smallest absolute Gasteiger partial charge is 0.0670 e. The molecule has 2 saturated heterocycles. The van der Waals surface area contributed by atoms with Crippen LogP contribution < -0.4 is 0 Å². The van der Waals surface area contributed by atoms with Crippen LogP contribution in [0.1, 0.15) is 39.0 Å². The van der Waals surface area contributed by atoms with E-state index in [9.17, 15) is 5.11 Å². The molecule has 4 unspecified atom stereocenters. The van der Waals surface area contributed by atoms with Gasteiger partial charge in [0.1, 0.15) is 0 Å². The molecule has 2 aliphatic heterocycles. The molecule has 0 saturated carbocycles. The van der Waals surface area contributed by atoms with E-state index in [1.807, 2.05) is 23.5 Å². The number of hydrogen-bond acceptors (Lipinski definition) is 4. The largest absolute Gasteiger partial charge is 0.392 e. The van der Waals surface area contributed by atoms with Crippen LogP contribution in [0.4, 0.5) is 0 Å². The first-order chi connectivity index (χ1) is 8.31. The molecule has 0 aromatic heterocycles. The predicted octanol–water partition coefficient (Wildman–Crippen LogP) is 2.93. The number of rotatable bonds is 5. The highest BCUT2D eigenvalue weighted by Crippen LogP contribution is 2.36. The van der Waals surface area contributed by atoms with Crippen molar-refractivity contribution in [3.05, 3.63) is 0 Å². The molecule has 0 aromatic rings. The maximum atomic E-state index is 10.3.